The average Bonchev–Trinajstić information content (AvgIpc) is 3.21. The minimum absolute atomic E-state index is 0.556. The lowest BCUT2D eigenvalue weighted by molar-refractivity contribution is 0.237. The topological polar surface area (TPSA) is 0 Å². The van der Waals surface area contributed by atoms with Gasteiger partial charge in [0.05, 0.1) is 0 Å². The zero-order valence-corrected chi connectivity index (χ0v) is 28.0. The normalized spacial score (nSPS) is 40.2. The van der Waals surface area contributed by atoms with Gasteiger partial charge in [-0.05, 0) is 164 Å². The predicted octanol–water partition coefficient (Wildman–Crippen LogP) is 11.6. The van der Waals surface area contributed by atoms with Crippen LogP contribution in [-0.2, 0) is 0 Å². The van der Waals surface area contributed by atoms with Gasteiger partial charge >= 0.3 is 0 Å². The smallest absolute Gasteiger partial charge is 0.102 e. The molecule has 10 unspecified atom stereocenters. The first-order valence-electron chi connectivity index (χ1n) is 15.0. The molecule has 0 N–H and O–H groups in total. The highest BCUT2D eigenvalue weighted by Gasteiger charge is 2.52. The maximum absolute atomic E-state index is 5.30. The van der Waals surface area contributed by atoms with E-state index < -0.39 is 4.33 Å². The van der Waals surface area contributed by atoms with Crippen LogP contribution in [0.3, 0.4) is 0 Å². The van der Waals surface area contributed by atoms with Gasteiger partial charge in [0.1, 0.15) is 4.33 Å². The zero-order valence-electron chi connectivity index (χ0n) is 26.4. The van der Waals surface area contributed by atoms with E-state index in [0.717, 1.165) is 59.2 Å². The Labute approximate surface area is 240 Å². The number of hydrogen-bond donors (Lipinski definition) is 0. The zero-order chi connectivity index (χ0) is 28.3. The van der Waals surface area contributed by atoms with E-state index in [1.54, 1.807) is 58.4 Å². The molecule has 4 rings (SSSR count). The van der Waals surface area contributed by atoms with Crippen molar-refractivity contribution in [1.82, 2.24) is 0 Å². The molecule has 0 aromatic heterocycles. The standard InChI is InChI=1S/C32H50.C3H6Cl2/c1-15-17(3)23(9)31-27(19(5)25(11)29(31)21(15)7)13-14-28-20(6)26(12)30-22(8)16(2)18(4)24(10)32(28)30;1-3(2,4)5/h19-20,25-32H,13-14H2,1-12H3;1-2H3. The maximum atomic E-state index is 5.30. The van der Waals surface area contributed by atoms with Crippen LogP contribution in [0.2, 0.25) is 0 Å². The van der Waals surface area contributed by atoms with Gasteiger partial charge in [-0.15, -0.1) is 23.2 Å². The Morgan fingerprint density at radius 3 is 0.919 bits per heavy atom. The van der Waals surface area contributed by atoms with Crippen LogP contribution in [0.5, 0.6) is 0 Å². The van der Waals surface area contributed by atoms with Crippen LogP contribution in [0.4, 0.5) is 0 Å². The van der Waals surface area contributed by atoms with Gasteiger partial charge in [0.25, 0.3) is 0 Å². The first-order valence-corrected chi connectivity index (χ1v) is 15.7. The molecule has 2 saturated carbocycles. The molecule has 0 radical (unpaired) electrons. The second-order valence-corrected chi connectivity index (χ2v) is 16.1. The van der Waals surface area contributed by atoms with Crippen LogP contribution < -0.4 is 0 Å². The summed E-state index contributed by atoms with van der Waals surface area (Å²) in [5.41, 5.74) is 13.2. The third-order valence-electron chi connectivity index (χ3n) is 12.2. The molecular formula is C35H56Cl2. The summed E-state index contributed by atoms with van der Waals surface area (Å²) in [5.74, 6) is 8.08. The van der Waals surface area contributed by atoms with Gasteiger partial charge in [0.15, 0.2) is 0 Å². The summed E-state index contributed by atoms with van der Waals surface area (Å²) >= 11 is 10.6. The van der Waals surface area contributed by atoms with Crippen molar-refractivity contribution < 1.29 is 0 Å². The van der Waals surface area contributed by atoms with Gasteiger partial charge in [-0.25, -0.2) is 0 Å². The predicted molar refractivity (Wildman–Crippen MR) is 166 cm³/mol. The highest BCUT2D eigenvalue weighted by atomic mass is 35.5. The lowest BCUT2D eigenvalue weighted by Crippen LogP contribution is -2.27. The van der Waals surface area contributed by atoms with E-state index in [1.807, 2.05) is 0 Å². The van der Waals surface area contributed by atoms with Gasteiger partial charge in [-0.1, -0.05) is 50.0 Å². The summed E-state index contributed by atoms with van der Waals surface area (Å²) in [6.07, 6.45) is 2.84. The number of rotatable bonds is 3. The highest BCUT2D eigenvalue weighted by Crippen LogP contribution is 2.60. The van der Waals surface area contributed by atoms with Crippen LogP contribution in [-0.4, -0.2) is 4.33 Å². The van der Waals surface area contributed by atoms with Crippen molar-refractivity contribution >= 4 is 23.2 Å². The molecule has 4 aliphatic rings. The largest absolute Gasteiger partial charge is 0.112 e. The number of fused-ring (bicyclic) bond motifs is 2. The Morgan fingerprint density at radius 1 is 0.459 bits per heavy atom. The summed E-state index contributed by atoms with van der Waals surface area (Å²) in [4.78, 5) is 0. The molecule has 0 heterocycles. The highest BCUT2D eigenvalue weighted by molar-refractivity contribution is 6.47. The number of halogens is 2. The Kier molecular flexibility index (Phi) is 9.40. The molecule has 4 aliphatic carbocycles. The van der Waals surface area contributed by atoms with Crippen molar-refractivity contribution in [2.24, 2.45) is 59.2 Å². The molecule has 0 aromatic rings. The number of hydrogen-bond acceptors (Lipinski definition) is 0. The van der Waals surface area contributed by atoms with Gasteiger partial charge in [0.2, 0.25) is 0 Å². The molecule has 0 aliphatic heterocycles. The summed E-state index contributed by atoms with van der Waals surface area (Å²) < 4.78 is -0.556. The summed E-state index contributed by atoms with van der Waals surface area (Å²) in [7, 11) is 0. The molecule has 10 atom stereocenters. The van der Waals surface area contributed by atoms with Crippen molar-refractivity contribution in [1.29, 1.82) is 0 Å². The van der Waals surface area contributed by atoms with E-state index in [0.29, 0.717) is 0 Å². The SMILES string of the molecule is CC(C)(Cl)Cl.CC1=C(C)C2C(C)C(C)C(CCC3C(C)C(C)C4C(C)=C(C)C(C)=C(C)C34)C2C(C)=C1C. The van der Waals surface area contributed by atoms with Crippen molar-refractivity contribution in [3.63, 3.8) is 0 Å². The van der Waals surface area contributed by atoms with Gasteiger partial charge < -0.3 is 0 Å². The van der Waals surface area contributed by atoms with Gasteiger partial charge in [0, 0.05) is 0 Å². The van der Waals surface area contributed by atoms with Gasteiger partial charge in [-0.3, -0.25) is 0 Å². The molecule has 0 amide bonds. The summed E-state index contributed by atoms with van der Waals surface area (Å²) in [6, 6.07) is 0. The monoisotopic (exact) mass is 546 g/mol. The van der Waals surface area contributed by atoms with Crippen LogP contribution in [0.25, 0.3) is 0 Å². The Hall–Kier alpha value is -0.460. The molecule has 37 heavy (non-hydrogen) atoms. The molecule has 0 spiro atoms. The van der Waals surface area contributed by atoms with Crippen molar-refractivity contribution in [2.45, 2.75) is 114 Å². The van der Waals surface area contributed by atoms with Crippen molar-refractivity contribution in [3.05, 3.63) is 44.6 Å². The van der Waals surface area contributed by atoms with E-state index in [9.17, 15) is 0 Å². The average molecular weight is 548 g/mol. The minimum atomic E-state index is -0.556. The van der Waals surface area contributed by atoms with E-state index in [2.05, 4.69) is 83.1 Å². The lowest BCUT2D eigenvalue weighted by atomic mass is 9.68. The second kappa shape index (κ2) is 11.2. The molecule has 2 heteroatoms. The quantitative estimate of drug-likeness (QED) is 0.308. The summed E-state index contributed by atoms with van der Waals surface area (Å²) in [5, 5.41) is 0. The van der Waals surface area contributed by atoms with Gasteiger partial charge in [-0.2, -0.15) is 0 Å². The number of alkyl halides is 2. The van der Waals surface area contributed by atoms with E-state index in [4.69, 9.17) is 23.2 Å². The van der Waals surface area contributed by atoms with E-state index in [1.165, 1.54) is 12.8 Å². The van der Waals surface area contributed by atoms with E-state index >= 15 is 0 Å². The third-order valence-corrected chi connectivity index (χ3v) is 12.2. The minimum Gasteiger partial charge on any atom is -0.102 e. The van der Waals surface area contributed by atoms with Crippen LogP contribution >= 0.6 is 23.2 Å². The Bertz CT molecular complexity index is 930. The molecule has 0 saturated heterocycles. The first-order chi connectivity index (χ1) is 16.9. The van der Waals surface area contributed by atoms with Crippen LogP contribution in [0.1, 0.15) is 110 Å². The lowest BCUT2D eigenvalue weighted by Gasteiger charge is -2.37. The Balaban J connectivity index is 0.000000695. The fourth-order valence-corrected chi connectivity index (χ4v) is 9.24. The molecule has 2 fully saturated rings. The second-order valence-electron chi connectivity index (χ2n) is 14.0. The first kappa shape index (κ1) is 31.1. The fraction of sp³-hybridized carbons (Fsp3) is 0.771. The van der Waals surface area contributed by atoms with Crippen LogP contribution in [0.15, 0.2) is 44.6 Å². The van der Waals surface area contributed by atoms with Crippen molar-refractivity contribution in [2.75, 3.05) is 0 Å². The number of allylic oxidation sites excluding steroid dienone is 8. The third kappa shape index (κ3) is 5.59. The fourth-order valence-electron chi connectivity index (χ4n) is 9.24. The Morgan fingerprint density at radius 2 is 0.676 bits per heavy atom. The molecule has 0 bridgehead atoms. The van der Waals surface area contributed by atoms with E-state index in [-0.39, 0.29) is 0 Å². The molecular weight excluding hydrogens is 491 g/mol. The van der Waals surface area contributed by atoms with Crippen LogP contribution in [0, 0.1) is 59.2 Å². The molecule has 0 aromatic carbocycles. The van der Waals surface area contributed by atoms with Crippen molar-refractivity contribution in [3.8, 4) is 0 Å². The maximum Gasteiger partial charge on any atom is 0.112 e. The molecule has 210 valence electrons. The molecule has 0 nitrogen and oxygen atoms in total. The summed E-state index contributed by atoms with van der Waals surface area (Å²) in [6.45, 7) is 33.0.